The number of sulfonamides is 1. The lowest BCUT2D eigenvalue weighted by Crippen LogP contribution is -2.53. The van der Waals surface area contributed by atoms with E-state index in [1.807, 2.05) is 6.92 Å². The number of carbonyl (C=O) groups is 2. The molecule has 3 rings (SSSR count). The van der Waals surface area contributed by atoms with Crippen LogP contribution in [-0.4, -0.2) is 43.8 Å². The van der Waals surface area contributed by atoms with E-state index in [1.54, 1.807) is 32.0 Å². The summed E-state index contributed by atoms with van der Waals surface area (Å²) in [6.07, 6.45) is -3.98. The number of benzene rings is 3. The molecule has 3 aromatic rings. The average Bonchev–Trinajstić information content (AvgIpc) is 2.96. The SMILES string of the molecule is CC[C@H](C(=O)N[C@@H](C)CC)N(Cc1ccc(Cl)cc1Cl)C(=O)CN(c1cccc(C(F)(F)F)c1)S(=O)(=O)c1ccccc1. The van der Waals surface area contributed by atoms with E-state index in [0.29, 0.717) is 27.4 Å². The second-order valence-electron chi connectivity index (χ2n) is 9.87. The Morgan fingerprint density at radius 1 is 0.930 bits per heavy atom. The van der Waals surface area contributed by atoms with Crippen molar-refractivity contribution in [1.82, 2.24) is 10.2 Å². The van der Waals surface area contributed by atoms with E-state index < -0.39 is 46.2 Å². The monoisotopic (exact) mass is 657 g/mol. The first kappa shape index (κ1) is 34.2. The van der Waals surface area contributed by atoms with E-state index in [0.717, 1.165) is 12.1 Å². The maximum atomic E-state index is 14.1. The van der Waals surface area contributed by atoms with Crippen molar-refractivity contribution in [3.63, 3.8) is 0 Å². The molecule has 0 aromatic heterocycles. The smallest absolute Gasteiger partial charge is 0.352 e. The first-order valence-corrected chi connectivity index (χ1v) is 15.7. The molecule has 0 radical (unpaired) electrons. The van der Waals surface area contributed by atoms with Crippen LogP contribution in [0.2, 0.25) is 10.0 Å². The van der Waals surface area contributed by atoms with Crippen molar-refractivity contribution in [2.75, 3.05) is 10.8 Å². The van der Waals surface area contributed by atoms with Gasteiger partial charge in [0.25, 0.3) is 10.0 Å². The van der Waals surface area contributed by atoms with Crippen molar-refractivity contribution >= 4 is 50.7 Å². The Kier molecular flexibility index (Phi) is 11.5. The van der Waals surface area contributed by atoms with Crippen molar-refractivity contribution in [1.29, 1.82) is 0 Å². The highest BCUT2D eigenvalue weighted by Crippen LogP contribution is 2.33. The molecular weight excluding hydrogens is 626 g/mol. The number of carbonyl (C=O) groups excluding carboxylic acids is 2. The Morgan fingerprint density at radius 2 is 1.60 bits per heavy atom. The predicted octanol–water partition coefficient (Wildman–Crippen LogP) is 6.93. The van der Waals surface area contributed by atoms with Crippen LogP contribution in [0.1, 0.15) is 44.7 Å². The first-order chi connectivity index (χ1) is 20.2. The molecule has 0 saturated carbocycles. The minimum atomic E-state index is -4.76. The van der Waals surface area contributed by atoms with Crippen LogP contribution >= 0.6 is 23.2 Å². The van der Waals surface area contributed by atoms with Crippen molar-refractivity contribution in [3.05, 3.63) is 94.0 Å². The lowest BCUT2D eigenvalue weighted by atomic mass is 10.1. The molecule has 0 aliphatic heterocycles. The largest absolute Gasteiger partial charge is 0.416 e. The van der Waals surface area contributed by atoms with Gasteiger partial charge in [-0.1, -0.05) is 67.4 Å². The van der Waals surface area contributed by atoms with E-state index in [9.17, 15) is 31.2 Å². The van der Waals surface area contributed by atoms with Gasteiger partial charge in [-0.05, 0) is 67.8 Å². The number of hydrogen-bond donors (Lipinski definition) is 1. The molecule has 0 bridgehead atoms. The Hall–Kier alpha value is -3.28. The molecule has 43 heavy (non-hydrogen) atoms. The van der Waals surface area contributed by atoms with Crippen molar-refractivity contribution < 1.29 is 31.2 Å². The molecule has 7 nitrogen and oxygen atoms in total. The van der Waals surface area contributed by atoms with Gasteiger partial charge in [-0.25, -0.2) is 8.42 Å². The summed E-state index contributed by atoms with van der Waals surface area (Å²) in [4.78, 5) is 28.4. The summed E-state index contributed by atoms with van der Waals surface area (Å²) in [5.41, 5.74) is -1.02. The van der Waals surface area contributed by atoms with Gasteiger partial charge in [-0.15, -0.1) is 0 Å². The fourth-order valence-electron chi connectivity index (χ4n) is 4.28. The van der Waals surface area contributed by atoms with E-state index in [2.05, 4.69) is 5.32 Å². The molecule has 2 amide bonds. The number of nitrogens with one attached hydrogen (secondary N) is 1. The summed E-state index contributed by atoms with van der Waals surface area (Å²) in [6, 6.07) is 14.1. The molecule has 232 valence electrons. The summed E-state index contributed by atoms with van der Waals surface area (Å²) in [5.74, 6) is -1.29. The molecule has 2 atom stereocenters. The quantitative estimate of drug-likeness (QED) is 0.229. The van der Waals surface area contributed by atoms with Gasteiger partial charge in [0.2, 0.25) is 11.8 Å². The van der Waals surface area contributed by atoms with Gasteiger partial charge in [-0.3, -0.25) is 13.9 Å². The average molecular weight is 659 g/mol. The fraction of sp³-hybridized carbons (Fsp3) is 0.333. The third-order valence-corrected chi connectivity index (χ3v) is 9.19. The Morgan fingerprint density at radius 3 is 2.19 bits per heavy atom. The number of anilines is 1. The van der Waals surface area contributed by atoms with Crippen LogP contribution in [0.4, 0.5) is 18.9 Å². The number of hydrogen-bond acceptors (Lipinski definition) is 4. The summed E-state index contributed by atoms with van der Waals surface area (Å²) >= 11 is 12.4. The molecule has 0 aliphatic rings. The van der Waals surface area contributed by atoms with Crippen LogP contribution < -0.4 is 9.62 Å². The van der Waals surface area contributed by atoms with Crippen molar-refractivity contribution in [2.24, 2.45) is 0 Å². The van der Waals surface area contributed by atoms with Gasteiger partial charge in [-0.2, -0.15) is 13.2 Å². The van der Waals surface area contributed by atoms with Crippen LogP contribution in [0, 0.1) is 0 Å². The van der Waals surface area contributed by atoms with Gasteiger partial charge in [0.1, 0.15) is 12.6 Å². The molecule has 0 spiro atoms. The number of halogens is 5. The van der Waals surface area contributed by atoms with Crippen molar-refractivity contribution in [2.45, 2.75) is 63.3 Å². The van der Waals surface area contributed by atoms with Crippen LogP contribution in [-0.2, 0) is 32.3 Å². The standard InChI is InChI=1S/C30H32Cl2F3N3O4S/c1-4-20(3)36-29(40)27(5-2)37(18-21-14-15-23(31)17-26(21)32)28(39)19-38(43(41,42)25-12-7-6-8-13-25)24-11-9-10-22(16-24)30(33,34)35/h6-17,20,27H,4-5,18-19H2,1-3H3,(H,36,40)/t20-,27+/m0/s1. The summed E-state index contributed by atoms with van der Waals surface area (Å²) in [5, 5.41) is 3.41. The summed E-state index contributed by atoms with van der Waals surface area (Å²) in [6.45, 7) is 4.29. The highest BCUT2D eigenvalue weighted by Gasteiger charge is 2.36. The topological polar surface area (TPSA) is 86.8 Å². The molecule has 1 N–H and O–H groups in total. The van der Waals surface area contributed by atoms with Crippen LogP contribution in [0.3, 0.4) is 0 Å². The van der Waals surface area contributed by atoms with E-state index in [-0.39, 0.29) is 34.6 Å². The molecular formula is C30H32Cl2F3N3O4S. The Labute approximate surface area is 259 Å². The van der Waals surface area contributed by atoms with Gasteiger partial charge in [0, 0.05) is 22.6 Å². The zero-order chi connectivity index (χ0) is 31.9. The number of nitrogens with zero attached hydrogens (tertiary/aromatic N) is 2. The Balaban J connectivity index is 2.13. The molecule has 13 heteroatoms. The Bertz CT molecular complexity index is 1540. The highest BCUT2D eigenvalue weighted by atomic mass is 35.5. The number of rotatable bonds is 12. The molecule has 0 unspecified atom stereocenters. The van der Waals surface area contributed by atoms with Crippen LogP contribution in [0.15, 0.2) is 77.7 Å². The maximum absolute atomic E-state index is 14.1. The first-order valence-electron chi connectivity index (χ1n) is 13.5. The van der Waals surface area contributed by atoms with E-state index >= 15 is 0 Å². The molecule has 0 aliphatic carbocycles. The second-order valence-corrected chi connectivity index (χ2v) is 12.6. The summed E-state index contributed by atoms with van der Waals surface area (Å²) < 4.78 is 69.1. The highest BCUT2D eigenvalue weighted by molar-refractivity contribution is 7.92. The molecule has 0 saturated heterocycles. The van der Waals surface area contributed by atoms with Gasteiger partial charge in [0.15, 0.2) is 0 Å². The predicted molar refractivity (Wildman–Crippen MR) is 161 cm³/mol. The fourth-order valence-corrected chi connectivity index (χ4v) is 6.18. The molecule has 0 fully saturated rings. The second kappa shape index (κ2) is 14.5. The number of amides is 2. The zero-order valence-electron chi connectivity index (χ0n) is 23.7. The van der Waals surface area contributed by atoms with E-state index in [1.165, 1.54) is 41.3 Å². The third kappa shape index (κ3) is 8.64. The maximum Gasteiger partial charge on any atom is 0.416 e. The lowest BCUT2D eigenvalue weighted by Gasteiger charge is -2.34. The lowest BCUT2D eigenvalue weighted by molar-refractivity contribution is -0.140. The minimum absolute atomic E-state index is 0.161. The molecule has 0 heterocycles. The summed E-state index contributed by atoms with van der Waals surface area (Å²) in [7, 11) is -4.53. The van der Waals surface area contributed by atoms with Gasteiger partial charge >= 0.3 is 6.18 Å². The molecule has 3 aromatic carbocycles. The van der Waals surface area contributed by atoms with Gasteiger partial charge < -0.3 is 10.2 Å². The third-order valence-electron chi connectivity index (χ3n) is 6.81. The van der Waals surface area contributed by atoms with Gasteiger partial charge in [0.05, 0.1) is 16.1 Å². The van der Waals surface area contributed by atoms with E-state index in [4.69, 9.17) is 23.2 Å². The normalized spacial score (nSPS) is 13.2. The number of alkyl halides is 3. The van der Waals surface area contributed by atoms with Crippen LogP contribution in [0.25, 0.3) is 0 Å². The zero-order valence-corrected chi connectivity index (χ0v) is 26.1. The van der Waals surface area contributed by atoms with Crippen LogP contribution in [0.5, 0.6) is 0 Å². The van der Waals surface area contributed by atoms with Crippen molar-refractivity contribution in [3.8, 4) is 0 Å². The minimum Gasteiger partial charge on any atom is -0.352 e.